The van der Waals surface area contributed by atoms with E-state index in [0.717, 1.165) is 11.3 Å². The number of amides is 1. The van der Waals surface area contributed by atoms with Crippen LogP contribution in [0.25, 0.3) is 0 Å². The van der Waals surface area contributed by atoms with Gasteiger partial charge >= 0.3 is 5.97 Å². The summed E-state index contributed by atoms with van der Waals surface area (Å²) < 4.78 is 10.4. The Kier molecular flexibility index (Phi) is 4.99. The molecule has 0 radical (unpaired) electrons. The smallest absolute Gasteiger partial charge is 0.354 e. The first-order valence-corrected chi connectivity index (χ1v) is 8.54. The van der Waals surface area contributed by atoms with E-state index < -0.39 is 11.9 Å². The third-order valence-electron chi connectivity index (χ3n) is 3.54. The van der Waals surface area contributed by atoms with Gasteiger partial charge in [0.05, 0.1) is 11.3 Å². The van der Waals surface area contributed by atoms with Gasteiger partial charge in [-0.1, -0.05) is 12.1 Å². The molecule has 0 aliphatic rings. The van der Waals surface area contributed by atoms with Gasteiger partial charge in [-0.2, -0.15) is 0 Å². The summed E-state index contributed by atoms with van der Waals surface area (Å²) in [7, 11) is 0. The number of anilines is 1. The van der Waals surface area contributed by atoms with E-state index in [9.17, 15) is 14.4 Å². The van der Waals surface area contributed by atoms with Crippen LogP contribution in [0.3, 0.4) is 0 Å². The molecule has 0 atom stereocenters. The SMILES string of the molecule is CC(=O)c1cccc(OC(=O)c2sc(NC(=O)c3ccco3)cc2C)c1. The fourth-order valence-corrected chi connectivity index (χ4v) is 3.20. The molecule has 0 fully saturated rings. The Balaban J connectivity index is 1.74. The van der Waals surface area contributed by atoms with E-state index in [1.807, 2.05) is 0 Å². The van der Waals surface area contributed by atoms with Crippen LogP contribution in [0.5, 0.6) is 5.75 Å². The average molecular weight is 369 g/mol. The van der Waals surface area contributed by atoms with E-state index in [1.54, 1.807) is 43.3 Å². The lowest BCUT2D eigenvalue weighted by molar-refractivity contribution is 0.0738. The van der Waals surface area contributed by atoms with Crippen LogP contribution in [-0.2, 0) is 0 Å². The van der Waals surface area contributed by atoms with Crippen molar-refractivity contribution in [2.45, 2.75) is 13.8 Å². The molecule has 0 saturated heterocycles. The highest BCUT2D eigenvalue weighted by Gasteiger charge is 2.18. The molecule has 3 rings (SSSR count). The zero-order valence-corrected chi connectivity index (χ0v) is 14.9. The number of carbonyl (C=O) groups is 3. The van der Waals surface area contributed by atoms with Gasteiger partial charge in [0.15, 0.2) is 11.5 Å². The number of ketones is 1. The molecule has 1 amide bonds. The zero-order chi connectivity index (χ0) is 18.7. The highest BCUT2D eigenvalue weighted by molar-refractivity contribution is 7.18. The third kappa shape index (κ3) is 3.89. The lowest BCUT2D eigenvalue weighted by Gasteiger charge is -2.04. The Labute approximate surface area is 153 Å². The second kappa shape index (κ2) is 7.37. The van der Waals surface area contributed by atoms with E-state index in [2.05, 4.69) is 5.32 Å². The summed E-state index contributed by atoms with van der Waals surface area (Å²) in [6.07, 6.45) is 1.41. The van der Waals surface area contributed by atoms with Gasteiger partial charge in [-0.3, -0.25) is 9.59 Å². The molecule has 26 heavy (non-hydrogen) atoms. The lowest BCUT2D eigenvalue weighted by Crippen LogP contribution is -2.09. The second-order valence-corrected chi connectivity index (χ2v) is 6.58. The number of carbonyl (C=O) groups excluding carboxylic acids is 3. The van der Waals surface area contributed by atoms with Crippen molar-refractivity contribution >= 4 is 34.0 Å². The molecule has 2 aromatic heterocycles. The first-order chi connectivity index (χ1) is 12.4. The molecule has 132 valence electrons. The number of rotatable bonds is 5. The van der Waals surface area contributed by atoms with Crippen molar-refractivity contribution in [3.63, 3.8) is 0 Å². The normalized spacial score (nSPS) is 10.4. The van der Waals surface area contributed by atoms with Gasteiger partial charge in [0.25, 0.3) is 5.91 Å². The fourth-order valence-electron chi connectivity index (χ4n) is 2.26. The van der Waals surface area contributed by atoms with Gasteiger partial charge in [-0.15, -0.1) is 11.3 Å². The number of Topliss-reactive ketones (excluding diaryl/α,β-unsaturated/α-hetero) is 1. The van der Waals surface area contributed by atoms with E-state index in [1.165, 1.54) is 19.3 Å². The van der Waals surface area contributed by atoms with Gasteiger partial charge in [-0.25, -0.2) is 4.79 Å². The number of ether oxygens (including phenoxy) is 1. The third-order valence-corrected chi connectivity index (χ3v) is 4.67. The number of esters is 1. The highest BCUT2D eigenvalue weighted by Crippen LogP contribution is 2.28. The van der Waals surface area contributed by atoms with Crippen LogP contribution in [-0.4, -0.2) is 17.7 Å². The molecule has 0 saturated carbocycles. The molecule has 3 aromatic rings. The molecule has 6 nitrogen and oxygen atoms in total. The summed E-state index contributed by atoms with van der Waals surface area (Å²) in [5.74, 6) is -0.590. The van der Waals surface area contributed by atoms with Crippen LogP contribution >= 0.6 is 11.3 Å². The number of benzene rings is 1. The summed E-state index contributed by atoms with van der Waals surface area (Å²) in [6, 6.07) is 11.3. The number of aryl methyl sites for hydroxylation is 1. The minimum Gasteiger partial charge on any atom is -0.459 e. The Bertz CT molecular complexity index is 972. The molecule has 1 aromatic carbocycles. The van der Waals surface area contributed by atoms with Gasteiger partial charge in [0, 0.05) is 5.56 Å². The largest absolute Gasteiger partial charge is 0.459 e. The molecular weight excluding hydrogens is 354 g/mol. The summed E-state index contributed by atoms with van der Waals surface area (Å²) >= 11 is 1.11. The van der Waals surface area contributed by atoms with Crippen LogP contribution in [0.15, 0.2) is 53.1 Å². The summed E-state index contributed by atoms with van der Waals surface area (Å²) in [5.41, 5.74) is 1.14. The van der Waals surface area contributed by atoms with Crippen LogP contribution in [0, 0.1) is 6.92 Å². The van der Waals surface area contributed by atoms with E-state index >= 15 is 0 Å². The predicted octanol–water partition coefficient (Wildman–Crippen LogP) is 4.32. The van der Waals surface area contributed by atoms with Crippen molar-refractivity contribution in [1.29, 1.82) is 0 Å². The molecule has 0 unspecified atom stereocenters. The van der Waals surface area contributed by atoms with Gasteiger partial charge in [-0.05, 0) is 49.7 Å². The maximum Gasteiger partial charge on any atom is 0.354 e. The Morgan fingerprint density at radius 2 is 1.92 bits per heavy atom. The van der Waals surface area contributed by atoms with Crippen molar-refractivity contribution < 1.29 is 23.5 Å². The monoisotopic (exact) mass is 369 g/mol. The van der Waals surface area contributed by atoms with E-state index in [-0.39, 0.29) is 17.3 Å². The maximum atomic E-state index is 12.4. The standard InChI is InChI=1S/C19H15NO5S/c1-11-9-16(20-18(22)15-7-4-8-24-15)26-17(11)19(23)25-14-6-3-5-13(10-14)12(2)21/h3-10H,1-2H3,(H,20,22). The zero-order valence-electron chi connectivity index (χ0n) is 14.1. The van der Waals surface area contributed by atoms with Crippen molar-refractivity contribution in [1.82, 2.24) is 0 Å². The number of thiophene rings is 1. The lowest BCUT2D eigenvalue weighted by atomic mass is 10.1. The molecule has 7 heteroatoms. The van der Waals surface area contributed by atoms with Crippen molar-refractivity contribution in [2.75, 3.05) is 5.32 Å². The summed E-state index contributed by atoms with van der Waals surface area (Å²) in [5, 5.41) is 3.19. The van der Waals surface area contributed by atoms with E-state index in [0.29, 0.717) is 21.0 Å². The van der Waals surface area contributed by atoms with Gasteiger partial charge in [0.1, 0.15) is 10.6 Å². The topological polar surface area (TPSA) is 85.6 Å². The minimum atomic E-state index is -0.549. The summed E-state index contributed by atoms with van der Waals surface area (Å²) in [6.45, 7) is 3.19. The minimum absolute atomic E-state index is 0.113. The molecule has 0 spiro atoms. The molecule has 1 N–H and O–H groups in total. The first-order valence-electron chi connectivity index (χ1n) is 7.72. The van der Waals surface area contributed by atoms with Crippen molar-refractivity contribution in [3.05, 3.63) is 70.5 Å². The molecule has 0 aliphatic heterocycles. The molecule has 0 bridgehead atoms. The predicted molar refractivity (Wildman–Crippen MR) is 97.1 cm³/mol. The highest BCUT2D eigenvalue weighted by atomic mass is 32.1. The van der Waals surface area contributed by atoms with Crippen LogP contribution < -0.4 is 10.1 Å². The molecule has 0 aliphatic carbocycles. The fraction of sp³-hybridized carbons (Fsp3) is 0.105. The average Bonchev–Trinajstić information content (AvgIpc) is 3.25. The Hall–Kier alpha value is -3.19. The van der Waals surface area contributed by atoms with Crippen molar-refractivity contribution in [2.24, 2.45) is 0 Å². The number of furan rings is 1. The summed E-state index contributed by atoms with van der Waals surface area (Å²) in [4.78, 5) is 36.2. The molecule has 2 heterocycles. The van der Waals surface area contributed by atoms with Crippen molar-refractivity contribution in [3.8, 4) is 5.75 Å². The van der Waals surface area contributed by atoms with Crippen LogP contribution in [0.2, 0.25) is 0 Å². The molecular formula is C19H15NO5S. The van der Waals surface area contributed by atoms with E-state index in [4.69, 9.17) is 9.15 Å². The van der Waals surface area contributed by atoms with Gasteiger partial charge in [0.2, 0.25) is 0 Å². The Morgan fingerprint density at radius 3 is 2.62 bits per heavy atom. The number of hydrogen-bond donors (Lipinski definition) is 1. The number of nitrogens with one attached hydrogen (secondary N) is 1. The number of hydrogen-bond acceptors (Lipinski definition) is 6. The second-order valence-electron chi connectivity index (χ2n) is 5.53. The first kappa shape index (κ1) is 17.6. The maximum absolute atomic E-state index is 12.4. The Morgan fingerprint density at radius 1 is 1.12 bits per heavy atom. The van der Waals surface area contributed by atoms with Gasteiger partial charge < -0.3 is 14.5 Å². The van der Waals surface area contributed by atoms with Crippen LogP contribution in [0.4, 0.5) is 5.00 Å². The van der Waals surface area contributed by atoms with Crippen LogP contribution in [0.1, 0.15) is 43.1 Å². The quantitative estimate of drug-likeness (QED) is 0.411.